The highest BCUT2D eigenvalue weighted by Gasteiger charge is 2.33. The third kappa shape index (κ3) is 4.42. The van der Waals surface area contributed by atoms with E-state index in [1.165, 1.54) is 6.07 Å². The standard InChI is InChI=1S/C13H11F3O4/c14-13(15,16)10-3-1-2-8(4-6-11(17)18)9(10)5-7-12(19)20/h1-4,6H,5,7H2,(H,17,18)(H,19,20)/b6-4+. The van der Waals surface area contributed by atoms with Gasteiger partial charge in [0, 0.05) is 12.5 Å². The van der Waals surface area contributed by atoms with E-state index < -0.39 is 30.1 Å². The molecule has 0 bridgehead atoms. The van der Waals surface area contributed by atoms with E-state index in [1.807, 2.05) is 0 Å². The predicted octanol–water partition coefficient (Wildman–Crippen LogP) is 2.82. The summed E-state index contributed by atoms with van der Waals surface area (Å²) in [6.07, 6.45) is -3.69. The Bertz CT molecular complexity index is 547. The van der Waals surface area contributed by atoms with E-state index in [9.17, 15) is 22.8 Å². The summed E-state index contributed by atoms with van der Waals surface area (Å²) < 4.78 is 38.6. The first-order chi connectivity index (χ1) is 9.21. The van der Waals surface area contributed by atoms with Crippen LogP contribution in [0.3, 0.4) is 0 Å². The Morgan fingerprint density at radius 1 is 1.20 bits per heavy atom. The van der Waals surface area contributed by atoms with Gasteiger partial charge in [0.05, 0.1) is 5.56 Å². The zero-order valence-corrected chi connectivity index (χ0v) is 10.1. The number of carboxylic acids is 2. The lowest BCUT2D eigenvalue weighted by Gasteiger charge is -2.14. The first-order valence-electron chi connectivity index (χ1n) is 5.53. The molecule has 0 aromatic heterocycles. The van der Waals surface area contributed by atoms with E-state index in [0.29, 0.717) is 6.08 Å². The van der Waals surface area contributed by atoms with Gasteiger partial charge in [0.25, 0.3) is 0 Å². The molecular formula is C13H11F3O4. The average molecular weight is 288 g/mol. The number of halogens is 3. The molecule has 0 aliphatic heterocycles. The van der Waals surface area contributed by atoms with Crippen LogP contribution in [0.2, 0.25) is 0 Å². The summed E-state index contributed by atoms with van der Waals surface area (Å²) >= 11 is 0. The van der Waals surface area contributed by atoms with Crippen LogP contribution in [0.15, 0.2) is 24.3 Å². The average Bonchev–Trinajstić information content (AvgIpc) is 2.32. The van der Waals surface area contributed by atoms with Crippen molar-refractivity contribution in [2.45, 2.75) is 19.0 Å². The number of aliphatic carboxylic acids is 2. The summed E-state index contributed by atoms with van der Waals surface area (Å²) in [5, 5.41) is 17.1. The Kier molecular flexibility index (Phi) is 4.90. The molecule has 0 saturated carbocycles. The van der Waals surface area contributed by atoms with Crippen LogP contribution >= 0.6 is 0 Å². The molecule has 0 atom stereocenters. The maximum atomic E-state index is 12.9. The number of carboxylic acid groups (broad SMARTS) is 2. The van der Waals surface area contributed by atoms with Crippen LogP contribution in [0, 0.1) is 0 Å². The van der Waals surface area contributed by atoms with Gasteiger partial charge in [-0.05, 0) is 29.7 Å². The molecule has 4 nitrogen and oxygen atoms in total. The van der Waals surface area contributed by atoms with E-state index in [4.69, 9.17) is 10.2 Å². The van der Waals surface area contributed by atoms with Crippen LogP contribution in [0.25, 0.3) is 6.08 Å². The van der Waals surface area contributed by atoms with Crippen LogP contribution in [0.4, 0.5) is 13.2 Å². The Balaban J connectivity index is 3.28. The quantitative estimate of drug-likeness (QED) is 0.817. The Morgan fingerprint density at radius 3 is 2.35 bits per heavy atom. The fourth-order valence-electron chi connectivity index (χ4n) is 1.70. The molecular weight excluding hydrogens is 277 g/mol. The molecule has 2 N–H and O–H groups in total. The van der Waals surface area contributed by atoms with Crippen molar-refractivity contribution in [2.75, 3.05) is 0 Å². The molecule has 0 heterocycles. The third-order valence-electron chi connectivity index (χ3n) is 2.51. The van der Waals surface area contributed by atoms with Crippen molar-refractivity contribution in [3.8, 4) is 0 Å². The molecule has 1 aromatic rings. The van der Waals surface area contributed by atoms with Gasteiger partial charge >= 0.3 is 18.1 Å². The van der Waals surface area contributed by atoms with E-state index in [2.05, 4.69) is 0 Å². The van der Waals surface area contributed by atoms with Crippen molar-refractivity contribution in [1.82, 2.24) is 0 Å². The van der Waals surface area contributed by atoms with Crippen molar-refractivity contribution in [3.05, 3.63) is 41.0 Å². The van der Waals surface area contributed by atoms with Gasteiger partial charge in [-0.1, -0.05) is 12.1 Å². The topological polar surface area (TPSA) is 74.6 Å². The van der Waals surface area contributed by atoms with Gasteiger partial charge in [-0.2, -0.15) is 13.2 Å². The number of rotatable bonds is 5. The van der Waals surface area contributed by atoms with Gasteiger partial charge in [0.15, 0.2) is 0 Å². The van der Waals surface area contributed by atoms with Crippen molar-refractivity contribution in [3.63, 3.8) is 0 Å². The molecule has 1 aromatic carbocycles. The number of hydrogen-bond donors (Lipinski definition) is 2. The lowest BCUT2D eigenvalue weighted by molar-refractivity contribution is -0.140. The van der Waals surface area contributed by atoms with E-state index in [-0.39, 0.29) is 17.5 Å². The molecule has 0 fully saturated rings. The summed E-state index contributed by atoms with van der Waals surface area (Å²) in [7, 11) is 0. The molecule has 0 radical (unpaired) electrons. The zero-order chi connectivity index (χ0) is 15.3. The van der Waals surface area contributed by atoms with E-state index >= 15 is 0 Å². The fourth-order valence-corrected chi connectivity index (χ4v) is 1.70. The summed E-state index contributed by atoms with van der Waals surface area (Å²) in [4.78, 5) is 20.9. The zero-order valence-electron chi connectivity index (χ0n) is 10.1. The normalized spacial score (nSPS) is 11.8. The number of carbonyl (C=O) groups is 2. The first-order valence-corrected chi connectivity index (χ1v) is 5.53. The minimum Gasteiger partial charge on any atom is -0.481 e. The highest BCUT2D eigenvalue weighted by atomic mass is 19.4. The van der Waals surface area contributed by atoms with Crippen molar-refractivity contribution in [1.29, 1.82) is 0 Å². The molecule has 1 rings (SSSR count). The largest absolute Gasteiger partial charge is 0.481 e. The minimum absolute atomic E-state index is 0.0449. The summed E-state index contributed by atoms with van der Waals surface area (Å²) in [5.74, 6) is -2.53. The van der Waals surface area contributed by atoms with E-state index in [0.717, 1.165) is 18.2 Å². The smallest absolute Gasteiger partial charge is 0.416 e. The van der Waals surface area contributed by atoms with Gasteiger partial charge < -0.3 is 10.2 Å². The molecule has 0 saturated heterocycles. The molecule has 108 valence electrons. The predicted molar refractivity (Wildman–Crippen MR) is 64.1 cm³/mol. The van der Waals surface area contributed by atoms with Crippen LogP contribution in [-0.2, 0) is 22.2 Å². The Morgan fingerprint density at radius 2 is 1.85 bits per heavy atom. The second-order valence-corrected chi connectivity index (χ2v) is 3.94. The van der Waals surface area contributed by atoms with E-state index in [1.54, 1.807) is 0 Å². The fraction of sp³-hybridized carbons (Fsp3) is 0.231. The van der Waals surface area contributed by atoms with Gasteiger partial charge in [-0.3, -0.25) is 4.79 Å². The molecule has 0 unspecified atom stereocenters. The highest BCUT2D eigenvalue weighted by Crippen LogP contribution is 2.34. The van der Waals surface area contributed by atoms with Crippen molar-refractivity contribution < 1.29 is 33.0 Å². The number of benzene rings is 1. The van der Waals surface area contributed by atoms with Crippen molar-refractivity contribution >= 4 is 18.0 Å². The van der Waals surface area contributed by atoms with Crippen LogP contribution in [-0.4, -0.2) is 22.2 Å². The first kappa shape index (κ1) is 15.7. The monoisotopic (exact) mass is 288 g/mol. The molecule has 7 heteroatoms. The molecule has 0 aliphatic carbocycles. The third-order valence-corrected chi connectivity index (χ3v) is 2.51. The molecule has 0 aliphatic rings. The second-order valence-electron chi connectivity index (χ2n) is 3.94. The van der Waals surface area contributed by atoms with Crippen LogP contribution in [0.5, 0.6) is 0 Å². The van der Waals surface area contributed by atoms with Crippen LogP contribution in [0.1, 0.15) is 23.1 Å². The van der Waals surface area contributed by atoms with Gasteiger partial charge in [-0.15, -0.1) is 0 Å². The molecule has 0 spiro atoms. The summed E-state index contributed by atoms with van der Waals surface area (Å²) in [6.45, 7) is 0. The maximum absolute atomic E-state index is 12.9. The number of hydrogen-bond acceptors (Lipinski definition) is 2. The lowest BCUT2D eigenvalue weighted by atomic mass is 9.96. The highest BCUT2D eigenvalue weighted by molar-refractivity contribution is 5.85. The molecule has 20 heavy (non-hydrogen) atoms. The Hall–Kier alpha value is -2.31. The van der Waals surface area contributed by atoms with Crippen LogP contribution < -0.4 is 0 Å². The summed E-state index contributed by atoms with van der Waals surface area (Å²) in [5.41, 5.74) is -1.13. The number of alkyl halides is 3. The SMILES string of the molecule is O=C(O)/C=C/c1cccc(C(F)(F)F)c1CCC(=O)O. The lowest BCUT2D eigenvalue weighted by Crippen LogP contribution is -2.12. The van der Waals surface area contributed by atoms with Gasteiger partial charge in [-0.25, -0.2) is 4.79 Å². The minimum atomic E-state index is -4.62. The Labute approximate surface area is 112 Å². The second kappa shape index (κ2) is 6.23. The maximum Gasteiger partial charge on any atom is 0.416 e. The summed E-state index contributed by atoms with van der Waals surface area (Å²) in [6, 6.07) is 3.30. The van der Waals surface area contributed by atoms with Gasteiger partial charge in [0.1, 0.15) is 0 Å². The van der Waals surface area contributed by atoms with Crippen molar-refractivity contribution in [2.24, 2.45) is 0 Å². The molecule has 0 amide bonds. The van der Waals surface area contributed by atoms with Gasteiger partial charge in [0.2, 0.25) is 0 Å².